The number of aromatic nitrogens is 2. The molecule has 2 fully saturated rings. The molecule has 1 aromatic rings. The number of carbonyl (C=O) groups excluding carboxylic acids is 2. The molecule has 0 saturated carbocycles. The molecule has 238 valence electrons. The molecule has 2 aliphatic rings. The van der Waals surface area contributed by atoms with Crippen LogP contribution in [0.4, 0.5) is 5.82 Å². The Morgan fingerprint density at radius 3 is 2.46 bits per heavy atom. The maximum atomic E-state index is 14.1. The Labute approximate surface area is 259 Å². The summed E-state index contributed by atoms with van der Waals surface area (Å²) in [5, 5.41) is 6.71. The van der Waals surface area contributed by atoms with E-state index in [1.807, 2.05) is 25.7 Å². The van der Waals surface area contributed by atoms with E-state index in [1.165, 1.54) is 0 Å². The molecule has 2 aliphatic heterocycles. The fraction of sp³-hybridized carbons (Fsp3) is 0.778. The number of ether oxygens (including phenoxy) is 1. The minimum Gasteiger partial charge on any atom is -0.385 e. The fourth-order valence-electron chi connectivity index (χ4n) is 4.95. The van der Waals surface area contributed by atoms with Gasteiger partial charge < -0.3 is 25.2 Å². The van der Waals surface area contributed by atoms with E-state index < -0.39 is 10.6 Å². The van der Waals surface area contributed by atoms with Crippen molar-refractivity contribution in [2.75, 3.05) is 69.8 Å². The third kappa shape index (κ3) is 10.7. The maximum Gasteiger partial charge on any atom is 0.259 e. The van der Waals surface area contributed by atoms with Crippen LogP contribution in [-0.2, 0) is 14.9 Å². The summed E-state index contributed by atoms with van der Waals surface area (Å²) in [6.07, 6.45) is 2.96. The van der Waals surface area contributed by atoms with Crippen molar-refractivity contribution in [1.82, 2.24) is 25.1 Å². The van der Waals surface area contributed by atoms with Gasteiger partial charge in [-0.15, -0.1) is 24.8 Å². The molecule has 0 bridgehead atoms. The van der Waals surface area contributed by atoms with Crippen molar-refractivity contribution in [3.8, 4) is 0 Å². The van der Waals surface area contributed by atoms with E-state index in [9.17, 15) is 18.7 Å². The Morgan fingerprint density at radius 2 is 1.88 bits per heavy atom. The molecule has 0 radical (unpaired) electrons. The molecule has 41 heavy (non-hydrogen) atoms. The molecule has 4 N–H and O–H groups in total. The van der Waals surface area contributed by atoms with Gasteiger partial charge in [-0.25, -0.2) is 9.97 Å². The predicted molar refractivity (Wildman–Crippen MR) is 170 cm³/mol. The van der Waals surface area contributed by atoms with Gasteiger partial charge in [-0.3, -0.25) is 18.7 Å². The standard InChI is InChI=1S/C27H48N6O5S.2ClH/c1-19(2)18-33(21-14-20(15-28-16-21)24(34)32-9-12-39(36,37)13-10-32)25(35)22-17-30-26(27(3,4)5)31-23(22)29-8-7-11-38-6;;/h17,19-21,28,36-37H,7-16,18H2,1-6H3,(H,29,30,31);2*1H/t20-,21+;;/m1../s1. The lowest BCUT2D eigenvalue weighted by Crippen LogP contribution is -2.56. The molecule has 1 aromatic heterocycles. The van der Waals surface area contributed by atoms with E-state index in [0.717, 1.165) is 6.42 Å². The van der Waals surface area contributed by atoms with Crippen LogP contribution >= 0.6 is 35.4 Å². The average Bonchev–Trinajstić information content (AvgIpc) is 2.88. The number of nitrogens with one attached hydrogen (secondary N) is 2. The Hall–Kier alpha value is -1.41. The summed E-state index contributed by atoms with van der Waals surface area (Å²) in [6, 6.07) is -0.170. The van der Waals surface area contributed by atoms with Crippen LogP contribution in [0.3, 0.4) is 0 Å². The molecule has 3 rings (SSSR count). The molecule has 2 atom stereocenters. The number of nitrogens with zero attached hydrogens (tertiary/aromatic N) is 4. The first-order valence-corrected chi connectivity index (χ1v) is 15.8. The van der Waals surface area contributed by atoms with Crippen molar-refractivity contribution in [2.24, 2.45) is 11.8 Å². The Kier molecular flexibility index (Phi) is 15.1. The summed E-state index contributed by atoms with van der Waals surface area (Å²) in [5.41, 5.74) is 0.153. The monoisotopic (exact) mass is 640 g/mol. The summed E-state index contributed by atoms with van der Waals surface area (Å²) >= 11 is 0. The highest BCUT2D eigenvalue weighted by Gasteiger charge is 2.37. The number of carbonyl (C=O) groups is 2. The zero-order chi connectivity index (χ0) is 28.8. The number of methoxy groups -OCH3 is 1. The van der Waals surface area contributed by atoms with Gasteiger partial charge in [0, 0.05) is 70.6 Å². The van der Waals surface area contributed by atoms with Gasteiger partial charge in [0.1, 0.15) is 17.2 Å². The molecule has 2 saturated heterocycles. The highest BCUT2D eigenvalue weighted by atomic mass is 35.5. The summed E-state index contributed by atoms with van der Waals surface area (Å²) in [4.78, 5) is 40.4. The number of amides is 2. The second-order valence-electron chi connectivity index (χ2n) is 12.1. The number of hydrogen-bond acceptors (Lipinski definition) is 9. The molecule has 11 nitrogen and oxygen atoms in total. The first kappa shape index (κ1) is 37.6. The van der Waals surface area contributed by atoms with E-state index in [4.69, 9.17) is 9.72 Å². The lowest BCUT2D eigenvalue weighted by molar-refractivity contribution is -0.136. The van der Waals surface area contributed by atoms with Gasteiger partial charge in [0.05, 0.1) is 17.4 Å². The normalized spacial score (nSPS) is 21.3. The van der Waals surface area contributed by atoms with Gasteiger partial charge in [-0.1, -0.05) is 34.6 Å². The summed E-state index contributed by atoms with van der Waals surface area (Å²) in [5.74, 6) is 1.45. The second kappa shape index (κ2) is 16.4. The number of piperidine rings is 1. The van der Waals surface area contributed by atoms with Crippen molar-refractivity contribution < 1.29 is 23.4 Å². The van der Waals surface area contributed by atoms with E-state index >= 15 is 0 Å². The van der Waals surface area contributed by atoms with Crippen molar-refractivity contribution in [2.45, 2.75) is 58.9 Å². The first-order chi connectivity index (χ1) is 18.3. The third-order valence-electron chi connectivity index (χ3n) is 7.14. The average molecular weight is 642 g/mol. The van der Waals surface area contributed by atoms with Crippen LogP contribution < -0.4 is 10.6 Å². The molecular weight excluding hydrogens is 591 g/mol. The SMILES string of the molecule is COCCCNc1nc(C(C)(C)C)ncc1C(=O)N(CC(C)C)[C@@H]1CNC[C@H](C(=O)N2CCS(O)(O)CC2)C1.Cl.Cl. The first-order valence-electron chi connectivity index (χ1n) is 14.0. The van der Waals surface area contributed by atoms with Gasteiger partial charge in [-0.05, 0) is 18.8 Å². The van der Waals surface area contributed by atoms with E-state index in [0.29, 0.717) is 69.5 Å². The Bertz CT molecular complexity index is 987. The second-order valence-corrected chi connectivity index (χ2v) is 14.5. The Balaban J connectivity index is 0.00000420. The van der Waals surface area contributed by atoms with Gasteiger partial charge in [0.2, 0.25) is 5.91 Å². The molecule has 0 aromatic carbocycles. The van der Waals surface area contributed by atoms with Crippen LogP contribution in [0, 0.1) is 11.8 Å². The smallest absolute Gasteiger partial charge is 0.259 e. The van der Waals surface area contributed by atoms with Crippen LogP contribution in [0.25, 0.3) is 0 Å². The van der Waals surface area contributed by atoms with E-state index in [2.05, 4.69) is 29.5 Å². The molecular formula is C27H50Cl2N6O5S. The van der Waals surface area contributed by atoms with Gasteiger partial charge in [0.15, 0.2) is 0 Å². The van der Waals surface area contributed by atoms with E-state index in [1.54, 1.807) is 18.2 Å². The van der Waals surface area contributed by atoms with Gasteiger partial charge in [-0.2, -0.15) is 10.6 Å². The molecule has 0 spiro atoms. The van der Waals surface area contributed by atoms with Gasteiger partial charge >= 0.3 is 0 Å². The number of anilines is 1. The largest absolute Gasteiger partial charge is 0.385 e. The zero-order valence-electron chi connectivity index (χ0n) is 25.2. The Morgan fingerprint density at radius 1 is 1.22 bits per heavy atom. The van der Waals surface area contributed by atoms with Crippen LogP contribution in [0.1, 0.15) is 63.6 Å². The van der Waals surface area contributed by atoms with Crippen LogP contribution in [-0.4, -0.2) is 111 Å². The van der Waals surface area contributed by atoms with E-state index in [-0.39, 0.29) is 71.4 Å². The van der Waals surface area contributed by atoms with Gasteiger partial charge in [0.25, 0.3) is 5.91 Å². The number of rotatable bonds is 10. The highest BCUT2D eigenvalue weighted by molar-refractivity contribution is 8.24. The highest BCUT2D eigenvalue weighted by Crippen LogP contribution is 2.40. The summed E-state index contributed by atoms with van der Waals surface area (Å²) < 4.78 is 25.1. The third-order valence-corrected chi connectivity index (χ3v) is 8.81. The summed E-state index contributed by atoms with van der Waals surface area (Å²) in [6.45, 7) is 13.9. The van der Waals surface area contributed by atoms with Crippen molar-refractivity contribution >= 4 is 53.0 Å². The van der Waals surface area contributed by atoms with Crippen molar-refractivity contribution in [1.29, 1.82) is 0 Å². The maximum absolute atomic E-state index is 14.1. The minimum atomic E-state index is -2.57. The molecule has 3 heterocycles. The topological polar surface area (TPSA) is 140 Å². The molecule has 0 unspecified atom stereocenters. The lowest BCUT2D eigenvalue weighted by Gasteiger charge is -2.43. The number of halogens is 2. The fourth-order valence-corrected chi connectivity index (χ4v) is 6.18. The minimum absolute atomic E-state index is 0. The molecule has 0 aliphatic carbocycles. The molecule has 14 heteroatoms. The molecule has 2 amide bonds. The van der Waals surface area contributed by atoms with Crippen LogP contribution in [0.2, 0.25) is 0 Å². The van der Waals surface area contributed by atoms with Crippen molar-refractivity contribution in [3.05, 3.63) is 17.6 Å². The van der Waals surface area contributed by atoms with Crippen LogP contribution in [0.5, 0.6) is 0 Å². The van der Waals surface area contributed by atoms with Crippen LogP contribution in [0.15, 0.2) is 6.20 Å². The van der Waals surface area contributed by atoms with Crippen molar-refractivity contribution in [3.63, 3.8) is 0 Å². The predicted octanol–water partition coefficient (Wildman–Crippen LogP) is 3.74. The number of hydrogen-bond donors (Lipinski definition) is 4. The quantitative estimate of drug-likeness (QED) is 0.282. The summed E-state index contributed by atoms with van der Waals surface area (Å²) in [7, 11) is -0.911. The lowest BCUT2D eigenvalue weighted by atomic mass is 9.92. The zero-order valence-corrected chi connectivity index (χ0v) is 27.7.